The van der Waals surface area contributed by atoms with Crippen LogP contribution < -0.4 is 10.2 Å². The van der Waals surface area contributed by atoms with Crippen molar-refractivity contribution in [3.05, 3.63) is 10.7 Å². The average molecular weight is 341 g/mol. The zero-order valence-corrected chi connectivity index (χ0v) is 13.3. The highest BCUT2D eigenvalue weighted by Gasteiger charge is 2.41. The quantitative estimate of drug-likeness (QED) is 0.881. The first-order valence-corrected chi connectivity index (χ1v) is 8.21. The summed E-state index contributed by atoms with van der Waals surface area (Å²) in [5.41, 5.74) is 0. The van der Waals surface area contributed by atoms with Gasteiger partial charge in [0.2, 0.25) is 5.95 Å². The van der Waals surface area contributed by atoms with E-state index in [9.17, 15) is 5.11 Å². The van der Waals surface area contributed by atoms with Gasteiger partial charge in [-0.3, -0.25) is 0 Å². The number of fused-ring (bicyclic) bond motifs is 2. The molecule has 3 rings (SSSR count). The van der Waals surface area contributed by atoms with E-state index in [0.717, 1.165) is 48.9 Å². The molecule has 5 nitrogen and oxygen atoms in total. The van der Waals surface area contributed by atoms with Gasteiger partial charge in [0, 0.05) is 24.8 Å². The van der Waals surface area contributed by atoms with Crippen LogP contribution in [0.25, 0.3) is 0 Å². The second kappa shape index (κ2) is 5.85. The number of aromatic nitrogens is 2. The Morgan fingerprint density at radius 3 is 2.75 bits per heavy atom. The van der Waals surface area contributed by atoms with Gasteiger partial charge in [0.15, 0.2) is 0 Å². The van der Waals surface area contributed by atoms with E-state index in [-0.39, 0.29) is 6.10 Å². The number of nitrogens with one attached hydrogen (secondary N) is 1. The van der Waals surface area contributed by atoms with Crippen molar-refractivity contribution < 1.29 is 5.11 Å². The Labute approximate surface area is 127 Å². The molecule has 0 aliphatic carbocycles. The molecular formula is C14H21BrN4O. The number of aliphatic hydroxyl groups is 1. The fraction of sp³-hybridized carbons (Fsp3) is 0.714. The van der Waals surface area contributed by atoms with Crippen LogP contribution in [0.5, 0.6) is 0 Å². The Balaban J connectivity index is 1.86. The van der Waals surface area contributed by atoms with Gasteiger partial charge in [-0.2, -0.15) is 4.98 Å². The minimum absolute atomic E-state index is 0.151. The highest BCUT2D eigenvalue weighted by atomic mass is 79.9. The molecule has 2 unspecified atom stereocenters. The van der Waals surface area contributed by atoms with E-state index >= 15 is 0 Å². The first kappa shape index (κ1) is 14.1. The zero-order valence-electron chi connectivity index (χ0n) is 11.7. The second-order valence-electron chi connectivity index (χ2n) is 5.71. The Morgan fingerprint density at radius 1 is 1.40 bits per heavy atom. The van der Waals surface area contributed by atoms with Crippen molar-refractivity contribution in [3.63, 3.8) is 0 Å². The van der Waals surface area contributed by atoms with Crippen LogP contribution in [-0.4, -0.2) is 39.8 Å². The van der Waals surface area contributed by atoms with Crippen molar-refractivity contribution in [2.24, 2.45) is 0 Å². The molecule has 1 aromatic rings. The summed E-state index contributed by atoms with van der Waals surface area (Å²) in [6.45, 7) is 3.01. The van der Waals surface area contributed by atoms with Gasteiger partial charge in [0.05, 0.1) is 10.6 Å². The molecule has 2 fully saturated rings. The van der Waals surface area contributed by atoms with E-state index in [2.05, 4.69) is 43.0 Å². The number of hydrogen-bond donors (Lipinski definition) is 2. The molecule has 0 aromatic carbocycles. The van der Waals surface area contributed by atoms with Gasteiger partial charge in [-0.05, 0) is 48.0 Å². The maximum atomic E-state index is 9.91. The molecule has 0 spiro atoms. The maximum Gasteiger partial charge on any atom is 0.224 e. The number of aliphatic hydroxyl groups excluding tert-OH is 1. The van der Waals surface area contributed by atoms with Crippen molar-refractivity contribution in [1.82, 2.24) is 9.97 Å². The number of piperidine rings is 1. The molecule has 2 bridgehead atoms. The highest BCUT2D eigenvalue weighted by molar-refractivity contribution is 9.10. The molecule has 1 aromatic heterocycles. The van der Waals surface area contributed by atoms with Crippen LogP contribution in [0.15, 0.2) is 10.7 Å². The summed E-state index contributed by atoms with van der Waals surface area (Å²) in [7, 11) is 0. The molecule has 0 amide bonds. The smallest absolute Gasteiger partial charge is 0.224 e. The molecule has 2 aliphatic heterocycles. The number of hydrogen-bond acceptors (Lipinski definition) is 5. The lowest BCUT2D eigenvalue weighted by Gasteiger charge is -2.38. The fourth-order valence-electron chi connectivity index (χ4n) is 3.36. The average Bonchev–Trinajstić information content (AvgIpc) is 2.70. The van der Waals surface area contributed by atoms with E-state index in [4.69, 9.17) is 0 Å². The lowest BCUT2D eigenvalue weighted by atomic mass is 10.00. The van der Waals surface area contributed by atoms with Gasteiger partial charge in [0.25, 0.3) is 0 Å². The third-order valence-corrected chi connectivity index (χ3v) is 4.77. The van der Waals surface area contributed by atoms with Crippen LogP contribution in [0.3, 0.4) is 0 Å². The van der Waals surface area contributed by atoms with E-state index in [0.29, 0.717) is 18.0 Å². The summed E-state index contributed by atoms with van der Waals surface area (Å²) in [5.74, 6) is 1.66. The molecule has 20 heavy (non-hydrogen) atoms. The number of anilines is 2. The van der Waals surface area contributed by atoms with Crippen LogP contribution in [0, 0.1) is 0 Å². The third-order valence-electron chi connectivity index (χ3n) is 4.21. The summed E-state index contributed by atoms with van der Waals surface area (Å²) in [5, 5.41) is 13.2. The number of nitrogens with zero attached hydrogens (tertiary/aromatic N) is 3. The van der Waals surface area contributed by atoms with Gasteiger partial charge in [0.1, 0.15) is 5.82 Å². The Bertz CT molecular complexity index is 470. The van der Waals surface area contributed by atoms with Crippen LogP contribution in [0.4, 0.5) is 11.8 Å². The van der Waals surface area contributed by atoms with Gasteiger partial charge >= 0.3 is 0 Å². The molecule has 2 aliphatic rings. The molecule has 0 radical (unpaired) electrons. The summed E-state index contributed by atoms with van der Waals surface area (Å²) < 4.78 is 0.938. The van der Waals surface area contributed by atoms with Gasteiger partial charge in [-0.25, -0.2) is 4.98 Å². The lowest BCUT2D eigenvalue weighted by molar-refractivity contribution is 0.126. The summed E-state index contributed by atoms with van der Waals surface area (Å²) in [6.07, 6.45) is 6.73. The van der Waals surface area contributed by atoms with Crippen LogP contribution in [0.1, 0.15) is 39.0 Å². The summed E-state index contributed by atoms with van der Waals surface area (Å²) in [6, 6.07) is 0.822. The Hall–Kier alpha value is -0.880. The molecule has 0 saturated carbocycles. The van der Waals surface area contributed by atoms with Crippen LogP contribution in [0.2, 0.25) is 0 Å². The molecule has 2 N–H and O–H groups in total. The van der Waals surface area contributed by atoms with Crippen molar-refractivity contribution >= 4 is 27.7 Å². The highest BCUT2D eigenvalue weighted by Crippen LogP contribution is 2.41. The number of rotatable bonds is 4. The van der Waals surface area contributed by atoms with E-state index in [1.165, 1.54) is 0 Å². The van der Waals surface area contributed by atoms with Gasteiger partial charge in [-0.15, -0.1) is 0 Å². The molecule has 3 heterocycles. The SMILES string of the molecule is CCCNc1ncc(Br)c(N2C3CCC2CC(O)C3)n1. The van der Waals surface area contributed by atoms with Gasteiger partial charge < -0.3 is 15.3 Å². The van der Waals surface area contributed by atoms with Gasteiger partial charge in [-0.1, -0.05) is 6.92 Å². The molecule has 110 valence electrons. The molecule has 2 atom stereocenters. The molecule has 2 saturated heterocycles. The summed E-state index contributed by atoms with van der Waals surface area (Å²) in [4.78, 5) is 11.4. The van der Waals surface area contributed by atoms with Crippen molar-refractivity contribution in [3.8, 4) is 0 Å². The normalized spacial score (nSPS) is 28.8. The van der Waals surface area contributed by atoms with E-state index in [1.54, 1.807) is 0 Å². The first-order chi connectivity index (χ1) is 9.69. The largest absolute Gasteiger partial charge is 0.393 e. The minimum atomic E-state index is -0.151. The van der Waals surface area contributed by atoms with Crippen molar-refractivity contribution in [2.75, 3.05) is 16.8 Å². The maximum absolute atomic E-state index is 9.91. The lowest BCUT2D eigenvalue weighted by Crippen LogP contribution is -2.45. The predicted octanol–water partition coefficient (Wildman–Crippen LogP) is 2.55. The Kier molecular flexibility index (Phi) is 4.12. The van der Waals surface area contributed by atoms with E-state index in [1.807, 2.05) is 6.20 Å². The van der Waals surface area contributed by atoms with Crippen molar-refractivity contribution in [2.45, 2.75) is 57.2 Å². The minimum Gasteiger partial charge on any atom is -0.393 e. The predicted molar refractivity (Wildman–Crippen MR) is 83.0 cm³/mol. The fourth-order valence-corrected chi connectivity index (χ4v) is 3.75. The van der Waals surface area contributed by atoms with Crippen LogP contribution in [-0.2, 0) is 0 Å². The Morgan fingerprint density at radius 2 is 2.10 bits per heavy atom. The standard InChI is InChI=1S/C14H21BrN4O/c1-2-5-16-14-17-8-12(15)13(18-14)19-9-3-4-10(19)7-11(20)6-9/h8-11,20H,2-7H2,1H3,(H,16,17,18). The summed E-state index contributed by atoms with van der Waals surface area (Å²) >= 11 is 3.58. The molecular weight excluding hydrogens is 320 g/mol. The third kappa shape index (κ3) is 2.63. The van der Waals surface area contributed by atoms with Crippen LogP contribution >= 0.6 is 15.9 Å². The topological polar surface area (TPSA) is 61.3 Å². The van der Waals surface area contributed by atoms with Crippen molar-refractivity contribution in [1.29, 1.82) is 0 Å². The second-order valence-corrected chi connectivity index (χ2v) is 6.56. The number of halogens is 1. The molecule has 6 heteroatoms. The van der Waals surface area contributed by atoms with E-state index < -0.39 is 0 Å². The monoisotopic (exact) mass is 340 g/mol. The first-order valence-electron chi connectivity index (χ1n) is 7.42. The zero-order chi connectivity index (χ0) is 14.1.